The van der Waals surface area contributed by atoms with E-state index in [2.05, 4.69) is 4.98 Å². The van der Waals surface area contributed by atoms with Gasteiger partial charge < -0.3 is 4.18 Å². The molecule has 4 nitrogen and oxygen atoms in total. The van der Waals surface area contributed by atoms with E-state index in [9.17, 15) is 8.42 Å². The second kappa shape index (κ2) is 7.13. The van der Waals surface area contributed by atoms with E-state index in [0.29, 0.717) is 21.2 Å². The second-order valence-electron chi connectivity index (χ2n) is 5.96. The first-order valence-electron chi connectivity index (χ1n) is 8.16. The van der Waals surface area contributed by atoms with E-state index in [1.165, 1.54) is 5.56 Å². The third-order valence-electron chi connectivity index (χ3n) is 4.18. The van der Waals surface area contributed by atoms with E-state index in [-0.39, 0.29) is 4.90 Å². The van der Waals surface area contributed by atoms with Gasteiger partial charge in [-0.3, -0.25) is 4.98 Å². The van der Waals surface area contributed by atoms with Crippen LogP contribution in [-0.4, -0.2) is 24.9 Å². The van der Waals surface area contributed by atoms with Crippen molar-refractivity contribution in [3.05, 3.63) is 65.9 Å². The van der Waals surface area contributed by atoms with Crippen molar-refractivity contribution in [2.24, 2.45) is 0 Å². The smallest absolute Gasteiger partial charge is 0.339 e. The van der Waals surface area contributed by atoms with Crippen molar-refractivity contribution in [2.45, 2.75) is 16.4 Å². The van der Waals surface area contributed by atoms with Crippen LogP contribution in [0.5, 0.6) is 5.75 Å². The molecule has 1 saturated heterocycles. The van der Waals surface area contributed by atoms with Gasteiger partial charge in [0.15, 0.2) is 0 Å². The summed E-state index contributed by atoms with van der Waals surface area (Å²) in [5.74, 6) is 2.62. The van der Waals surface area contributed by atoms with Crippen LogP contribution >= 0.6 is 23.5 Å². The van der Waals surface area contributed by atoms with E-state index in [4.69, 9.17) is 4.18 Å². The van der Waals surface area contributed by atoms with E-state index in [1.54, 1.807) is 42.6 Å². The number of benzene rings is 2. The number of aromatic nitrogens is 1. The van der Waals surface area contributed by atoms with Gasteiger partial charge in [0.05, 0.1) is 10.1 Å². The van der Waals surface area contributed by atoms with Gasteiger partial charge in [-0.1, -0.05) is 18.2 Å². The molecule has 134 valence electrons. The van der Waals surface area contributed by atoms with E-state index < -0.39 is 10.1 Å². The fourth-order valence-corrected chi connectivity index (χ4v) is 6.89. The van der Waals surface area contributed by atoms with Gasteiger partial charge in [0, 0.05) is 23.1 Å². The summed E-state index contributed by atoms with van der Waals surface area (Å²) < 4.78 is 31.4. The third-order valence-corrected chi connectivity index (χ3v) is 8.59. The molecule has 26 heavy (non-hydrogen) atoms. The van der Waals surface area contributed by atoms with Crippen molar-refractivity contribution in [1.29, 1.82) is 0 Å². The number of fused-ring (bicyclic) bond motifs is 1. The number of pyridine rings is 1. The lowest BCUT2D eigenvalue weighted by Gasteiger charge is -2.12. The van der Waals surface area contributed by atoms with Gasteiger partial charge in [-0.25, -0.2) is 0 Å². The lowest BCUT2D eigenvalue weighted by atomic mass is 10.1. The molecule has 0 atom stereocenters. The van der Waals surface area contributed by atoms with Crippen LogP contribution in [-0.2, 0) is 10.1 Å². The molecule has 4 rings (SSSR count). The van der Waals surface area contributed by atoms with E-state index >= 15 is 0 Å². The maximum Gasteiger partial charge on any atom is 0.339 e. The molecule has 1 aliphatic rings. The minimum Gasteiger partial charge on any atom is -0.379 e. The molecule has 0 aliphatic carbocycles. The summed E-state index contributed by atoms with van der Waals surface area (Å²) in [7, 11) is -3.94. The van der Waals surface area contributed by atoms with Crippen LogP contribution in [0.25, 0.3) is 10.9 Å². The molecule has 1 aliphatic heterocycles. The maximum atomic E-state index is 12.8. The van der Waals surface area contributed by atoms with Gasteiger partial charge >= 0.3 is 10.1 Å². The highest BCUT2D eigenvalue weighted by Gasteiger charge is 2.22. The summed E-state index contributed by atoms with van der Waals surface area (Å²) in [6, 6.07) is 14.1. The summed E-state index contributed by atoms with van der Waals surface area (Å²) in [4.78, 5) is 4.43. The molecule has 2 heterocycles. The molecule has 1 aromatic heterocycles. The van der Waals surface area contributed by atoms with Gasteiger partial charge in [0.25, 0.3) is 0 Å². The predicted molar refractivity (Wildman–Crippen MR) is 108 cm³/mol. The molecular formula is C19H17NO3S3. The van der Waals surface area contributed by atoms with Gasteiger partial charge in [-0.2, -0.15) is 8.42 Å². The normalized spacial score (nSPS) is 15.4. The molecule has 0 unspecified atom stereocenters. The Morgan fingerprint density at radius 1 is 1.04 bits per heavy atom. The van der Waals surface area contributed by atoms with Crippen molar-refractivity contribution in [1.82, 2.24) is 4.98 Å². The Morgan fingerprint density at radius 2 is 1.77 bits per heavy atom. The summed E-state index contributed by atoms with van der Waals surface area (Å²) >= 11 is 3.82. The van der Waals surface area contributed by atoms with Gasteiger partial charge in [0.1, 0.15) is 10.6 Å². The quantitative estimate of drug-likeness (QED) is 0.584. The Hall–Kier alpha value is -1.70. The van der Waals surface area contributed by atoms with Crippen LogP contribution < -0.4 is 4.18 Å². The first-order chi connectivity index (χ1) is 12.5. The van der Waals surface area contributed by atoms with Crippen molar-refractivity contribution >= 4 is 44.5 Å². The van der Waals surface area contributed by atoms with Gasteiger partial charge in [0.2, 0.25) is 0 Å². The molecule has 0 N–H and O–H groups in total. The molecule has 0 spiro atoms. The van der Waals surface area contributed by atoms with E-state index in [1.807, 2.05) is 42.6 Å². The number of hydrogen-bond acceptors (Lipinski definition) is 6. The molecule has 3 aromatic rings. The lowest BCUT2D eigenvalue weighted by molar-refractivity contribution is 0.487. The highest BCUT2D eigenvalue weighted by atomic mass is 32.2. The number of hydrogen-bond donors (Lipinski definition) is 0. The van der Waals surface area contributed by atoms with Crippen LogP contribution in [0.3, 0.4) is 0 Å². The topological polar surface area (TPSA) is 56.3 Å². The monoisotopic (exact) mass is 403 g/mol. The van der Waals surface area contributed by atoms with Crippen LogP contribution in [0.1, 0.15) is 15.7 Å². The number of nitrogens with zero attached hydrogens (tertiary/aromatic N) is 1. The molecule has 2 aromatic carbocycles. The standard InChI is InChI=1S/C19H17NO3S3/c1-13-4-9-17(16-3-2-10-20-18(13)16)26(21,22)23-15-7-5-14(6-8-15)19-24-11-12-25-19/h2-10,19H,11-12H2,1H3. The first-order valence-corrected chi connectivity index (χ1v) is 11.7. The fraction of sp³-hybridized carbons (Fsp3) is 0.211. The fourth-order valence-electron chi connectivity index (χ4n) is 2.91. The molecule has 0 radical (unpaired) electrons. The number of thioether (sulfide) groups is 2. The second-order valence-corrected chi connectivity index (χ2v) is 10.2. The Balaban J connectivity index is 1.64. The average Bonchev–Trinajstić information content (AvgIpc) is 3.17. The van der Waals surface area contributed by atoms with Crippen LogP contribution in [0, 0.1) is 6.92 Å². The highest BCUT2D eigenvalue weighted by Crippen LogP contribution is 2.45. The Labute approximate surface area is 161 Å². The minimum atomic E-state index is -3.94. The zero-order valence-electron chi connectivity index (χ0n) is 14.1. The molecule has 0 saturated carbocycles. The molecule has 0 amide bonds. The zero-order valence-corrected chi connectivity index (χ0v) is 16.5. The number of rotatable bonds is 4. The number of aryl methyl sites for hydroxylation is 1. The van der Waals surface area contributed by atoms with Crippen molar-refractivity contribution < 1.29 is 12.6 Å². The Bertz CT molecular complexity index is 1040. The predicted octanol–water partition coefficient (Wildman–Crippen LogP) is 4.79. The first kappa shape index (κ1) is 17.7. The van der Waals surface area contributed by atoms with Gasteiger partial charge in [-0.05, 0) is 48.4 Å². The Kier molecular flexibility index (Phi) is 4.86. The van der Waals surface area contributed by atoms with Gasteiger partial charge in [-0.15, -0.1) is 23.5 Å². The van der Waals surface area contributed by atoms with Crippen molar-refractivity contribution in [3.63, 3.8) is 0 Å². The van der Waals surface area contributed by atoms with Crippen LogP contribution in [0.2, 0.25) is 0 Å². The van der Waals surface area contributed by atoms with Crippen molar-refractivity contribution in [3.8, 4) is 5.75 Å². The molecule has 1 fully saturated rings. The maximum absolute atomic E-state index is 12.8. The minimum absolute atomic E-state index is 0.136. The largest absolute Gasteiger partial charge is 0.379 e. The molecule has 0 bridgehead atoms. The Morgan fingerprint density at radius 3 is 2.50 bits per heavy atom. The average molecular weight is 404 g/mol. The van der Waals surface area contributed by atoms with Crippen LogP contribution in [0.4, 0.5) is 0 Å². The van der Waals surface area contributed by atoms with E-state index in [0.717, 1.165) is 17.1 Å². The summed E-state index contributed by atoms with van der Waals surface area (Å²) in [5.41, 5.74) is 2.78. The summed E-state index contributed by atoms with van der Waals surface area (Å²) in [6.07, 6.45) is 1.66. The molecular weight excluding hydrogens is 386 g/mol. The SMILES string of the molecule is Cc1ccc(S(=O)(=O)Oc2ccc(C3SCCS3)cc2)c2cccnc12. The lowest BCUT2D eigenvalue weighted by Crippen LogP contribution is -2.10. The zero-order chi connectivity index (χ0) is 18.1. The van der Waals surface area contributed by atoms with Crippen LogP contribution in [0.15, 0.2) is 59.6 Å². The van der Waals surface area contributed by atoms with Crippen molar-refractivity contribution in [2.75, 3.05) is 11.5 Å². The molecule has 7 heteroatoms. The summed E-state index contributed by atoms with van der Waals surface area (Å²) in [5, 5.41) is 0.572. The summed E-state index contributed by atoms with van der Waals surface area (Å²) in [6.45, 7) is 1.91. The third kappa shape index (κ3) is 3.43. The highest BCUT2D eigenvalue weighted by molar-refractivity contribution is 8.19.